The van der Waals surface area contributed by atoms with Gasteiger partial charge < -0.3 is 15.0 Å². The quantitative estimate of drug-likeness (QED) is 0.883. The molecule has 2 rings (SSSR count). The molecular formula is C16H26N2O. The minimum absolute atomic E-state index is 0.826. The fourth-order valence-corrected chi connectivity index (χ4v) is 2.77. The number of aryl methyl sites for hydroxylation is 1. The Morgan fingerprint density at radius 2 is 2.26 bits per heavy atom. The van der Waals surface area contributed by atoms with E-state index in [1.807, 2.05) is 0 Å². The lowest BCUT2D eigenvalue weighted by Crippen LogP contribution is -2.32. The predicted octanol–water partition coefficient (Wildman–Crippen LogP) is 2.83. The lowest BCUT2D eigenvalue weighted by Gasteiger charge is -2.27. The molecule has 0 bridgehead atoms. The van der Waals surface area contributed by atoms with E-state index in [2.05, 4.69) is 42.4 Å². The third-order valence-electron chi connectivity index (χ3n) is 4.02. The highest BCUT2D eigenvalue weighted by Crippen LogP contribution is 2.29. The topological polar surface area (TPSA) is 24.5 Å². The number of rotatable bonds is 5. The summed E-state index contributed by atoms with van der Waals surface area (Å²) in [5, 5.41) is 3.49. The fourth-order valence-electron chi connectivity index (χ4n) is 2.77. The van der Waals surface area contributed by atoms with Gasteiger partial charge in [0.05, 0.1) is 12.8 Å². The Kier molecular flexibility index (Phi) is 5.08. The molecule has 0 aromatic heterocycles. The molecule has 1 aliphatic rings. The summed E-state index contributed by atoms with van der Waals surface area (Å²) in [5.41, 5.74) is 2.48. The van der Waals surface area contributed by atoms with Gasteiger partial charge in [-0.2, -0.15) is 0 Å². The summed E-state index contributed by atoms with van der Waals surface area (Å²) in [6.45, 7) is 5.59. The second-order valence-electron chi connectivity index (χ2n) is 5.60. The number of anilines is 1. The molecule has 1 N–H and O–H groups in total. The van der Waals surface area contributed by atoms with Crippen molar-refractivity contribution < 1.29 is 4.74 Å². The maximum absolute atomic E-state index is 5.46. The van der Waals surface area contributed by atoms with Gasteiger partial charge in [0.2, 0.25) is 0 Å². The van der Waals surface area contributed by atoms with Gasteiger partial charge in [-0.15, -0.1) is 0 Å². The first kappa shape index (κ1) is 14.2. The van der Waals surface area contributed by atoms with Gasteiger partial charge >= 0.3 is 0 Å². The van der Waals surface area contributed by atoms with Crippen LogP contribution < -0.4 is 15.0 Å². The predicted molar refractivity (Wildman–Crippen MR) is 81.2 cm³/mol. The van der Waals surface area contributed by atoms with Crippen molar-refractivity contribution in [1.29, 1.82) is 0 Å². The minimum atomic E-state index is 0.826. The number of benzene rings is 1. The van der Waals surface area contributed by atoms with Crippen LogP contribution in [0.2, 0.25) is 0 Å². The van der Waals surface area contributed by atoms with Crippen molar-refractivity contribution in [3.63, 3.8) is 0 Å². The standard InChI is InChI=1S/C16H26N2O/c1-13-6-7-16(19-3)15(11-13)18(2)10-8-14-5-4-9-17-12-14/h6-7,11,14,17H,4-5,8-10,12H2,1-3H3. The summed E-state index contributed by atoms with van der Waals surface area (Å²) < 4.78 is 5.46. The summed E-state index contributed by atoms with van der Waals surface area (Å²) in [6, 6.07) is 6.36. The van der Waals surface area contributed by atoms with Gasteiger partial charge in [-0.3, -0.25) is 0 Å². The lowest BCUT2D eigenvalue weighted by atomic mass is 9.96. The van der Waals surface area contributed by atoms with Crippen LogP contribution in [0.4, 0.5) is 5.69 Å². The number of hydrogen-bond donors (Lipinski definition) is 1. The van der Waals surface area contributed by atoms with E-state index < -0.39 is 0 Å². The Hall–Kier alpha value is -1.22. The van der Waals surface area contributed by atoms with Crippen LogP contribution in [-0.4, -0.2) is 33.8 Å². The molecule has 1 aromatic rings. The van der Waals surface area contributed by atoms with Gasteiger partial charge in [-0.1, -0.05) is 6.07 Å². The van der Waals surface area contributed by atoms with Crippen molar-refractivity contribution >= 4 is 5.69 Å². The highest BCUT2D eigenvalue weighted by Gasteiger charge is 2.15. The van der Waals surface area contributed by atoms with E-state index in [4.69, 9.17) is 4.74 Å². The van der Waals surface area contributed by atoms with Crippen LogP contribution in [0, 0.1) is 12.8 Å². The van der Waals surface area contributed by atoms with Crippen LogP contribution in [0.3, 0.4) is 0 Å². The number of methoxy groups -OCH3 is 1. The molecule has 1 saturated heterocycles. The molecule has 1 heterocycles. The Labute approximate surface area is 116 Å². The molecule has 3 nitrogen and oxygen atoms in total. The zero-order chi connectivity index (χ0) is 13.7. The van der Waals surface area contributed by atoms with E-state index in [1.165, 1.54) is 43.6 Å². The molecule has 1 unspecified atom stereocenters. The van der Waals surface area contributed by atoms with Gasteiger partial charge in [0, 0.05) is 13.6 Å². The van der Waals surface area contributed by atoms with Gasteiger partial charge in [0.15, 0.2) is 0 Å². The zero-order valence-electron chi connectivity index (χ0n) is 12.4. The summed E-state index contributed by atoms with van der Waals surface area (Å²) in [5.74, 6) is 1.79. The van der Waals surface area contributed by atoms with Crippen molar-refractivity contribution in [3.8, 4) is 5.75 Å². The Bertz CT molecular complexity index is 400. The van der Waals surface area contributed by atoms with Crippen molar-refractivity contribution in [2.75, 3.05) is 38.7 Å². The van der Waals surface area contributed by atoms with Crippen molar-refractivity contribution in [1.82, 2.24) is 5.32 Å². The first-order chi connectivity index (χ1) is 9.20. The van der Waals surface area contributed by atoms with Crippen LogP contribution >= 0.6 is 0 Å². The third kappa shape index (κ3) is 3.87. The zero-order valence-corrected chi connectivity index (χ0v) is 12.4. The van der Waals surface area contributed by atoms with Crippen LogP contribution in [0.5, 0.6) is 5.75 Å². The monoisotopic (exact) mass is 262 g/mol. The lowest BCUT2D eigenvalue weighted by molar-refractivity contribution is 0.359. The van der Waals surface area contributed by atoms with Crippen molar-refractivity contribution in [2.45, 2.75) is 26.2 Å². The molecule has 1 aliphatic heterocycles. The van der Waals surface area contributed by atoms with Gasteiger partial charge in [-0.25, -0.2) is 0 Å². The average molecular weight is 262 g/mol. The largest absolute Gasteiger partial charge is 0.495 e. The smallest absolute Gasteiger partial charge is 0.142 e. The van der Waals surface area contributed by atoms with Crippen LogP contribution in [0.15, 0.2) is 18.2 Å². The van der Waals surface area contributed by atoms with E-state index in [1.54, 1.807) is 7.11 Å². The van der Waals surface area contributed by atoms with Crippen LogP contribution in [-0.2, 0) is 0 Å². The Morgan fingerprint density at radius 3 is 2.95 bits per heavy atom. The highest BCUT2D eigenvalue weighted by molar-refractivity contribution is 5.59. The Morgan fingerprint density at radius 1 is 1.42 bits per heavy atom. The van der Waals surface area contributed by atoms with E-state index in [9.17, 15) is 0 Å². The fraction of sp³-hybridized carbons (Fsp3) is 0.625. The molecule has 0 radical (unpaired) electrons. The second-order valence-corrected chi connectivity index (χ2v) is 5.60. The summed E-state index contributed by atoms with van der Waals surface area (Å²) >= 11 is 0. The van der Waals surface area contributed by atoms with Gasteiger partial charge in [-0.05, 0) is 62.9 Å². The molecule has 0 aliphatic carbocycles. The Balaban J connectivity index is 1.94. The van der Waals surface area contributed by atoms with E-state index in [0.29, 0.717) is 0 Å². The average Bonchev–Trinajstić information content (AvgIpc) is 2.46. The maximum atomic E-state index is 5.46. The third-order valence-corrected chi connectivity index (χ3v) is 4.02. The molecule has 0 amide bonds. The first-order valence-corrected chi connectivity index (χ1v) is 7.27. The SMILES string of the molecule is COc1ccc(C)cc1N(C)CCC1CCCNC1. The minimum Gasteiger partial charge on any atom is -0.495 e. The van der Waals surface area contributed by atoms with E-state index in [0.717, 1.165) is 18.2 Å². The highest BCUT2D eigenvalue weighted by atomic mass is 16.5. The number of ether oxygens (including phenoxy) is 1. The molecular weight excluding hydrogens is 236 g/mol. The number of nitrogens with one attached hydrogen (secondary N) is 1. The normalized spacial score (nSPS) is 19.2. The molecule has 1 fully saturated rings. The number of nitrogens with zero attached hydrogens (tertiary/aromatic N) is 1. The van der Waals surface area contributed by atoms with Crippen molar-refractivity contribution in [2.24, 2.45) is 5.92 Å². The summed E-state index contributed by atoms with van der Waals surface area (Å²) in [4.78, 5) is 2.32. The first-order valence-electron chi connectivity index (χ1n) is 7.27. The number of hydrogen-bond acceptors (Lipinski definition) is 3. The van der Waals surface area contributed by atoms with Gasteiger partial charge in [0.25, 0.3) is 0 Å². The second kappa shape index (κ2) is 6.80. The summed E-state index contributed by atoms with van der Waals surface area (Å²) in [6.07, 6.45) is 3.94. The van der Waals surface area contributed by atoms with Crippen LogP contribution in [0.25, 0.3) is 0 Å². The van der Waals surface area contributed by atoms with E-state index >= 15 is 0 Å². The maximum Gasteiger partial charge on any atom is 0.142 e. The van der Waals surface area contributed by atoms with E-state index in [-0.39, 0.29) is 0 Å². The molecule has 106 valence electrons. The molecule has 0 saturated carbocycles. The summed E-state index contributed by atoms with van der Waals surface area (Å²) in [7, 11) is 3.90. The molecule has 1 atom stereocenters. The molecule has 0 spiro atoms. The van der Waals surface area contributed by atoms with Gasteiger partial charge in [0.1, 0.15) is 5.75 Å². The molecule has 1 aromatic carbocycles. The molecule has 19 heavy (non-hydrogen) atoms. The van der Waals surface area contributed by atoms with Crippen LogP contribution in [0.1, 0.15) is 24.8 Å². The van der Waals surface area contributed by atoms with Crippen molar-refractivity contribution in [3.05, 3.63) is 23.8 Å². The number of piperidine rings is 1. The molecule has 3 heteroatoms.